The van der Waals surface area contributed by atoms with Crippen LogP contribution >= 0.6 is 11.6 Å². The first-order valence-corrected chi connectivity index (χ1v) is 8.84. The van der Waals surface area contributed by atoms with Crippen LogP contribution in [0.4, 0.5) is 19.3 Å². The van der Waals surface area contributed by atoms with Gasteiger partial charge in [0, 0.05) is 36.4 Å². The van der Waals surface area contributed by atoms with Crippen LogP contribution in [0.5, 0.6) is 0 Å². The van der Waals surface area contributed by atoms with Gasteiger partial charge < -0.3 is 10.2 Å². The molecule has 0 spiro atoms. The molecule has 0 aliphatic carbocycles. The summed E-state index contributed by atoms with van der Waals surface area (Å²) in [6.45, 7) is 0.999. The number of hydrogen-bond donors (Lipinski definition) is 1. The van der Waals surface area contributed by atoms with Gasteiger partial charge in [-0.1, -0.05) is 23.7 Å². The number of nitrogens with one attached hydrogen (secondary N) is 1. The first-order valence-electron chi connectivity index (χ1n) is 8.46. The molecule has 1 heterocycles. The summed E-state index contributed by atoms with van der Waals surface area (Å²) in [6.07, 6.45) is 0.651. The van der Waals surface area contributed by atoms with Crippen molar-refractivity contribution < 1.29 is 18.4 Å². The molecule has 3 amide bonds. The minimum Gasteiger partial charge on any atom is -0.354 e. The lowest BCUT2D eigenvalue weighted by molar-refractivity contribution is -0.121. The van der Waals surface area contributed by atoms with Crippen molar-refractivity contribution >= 4 is 29.2 Å². The fourth-order valence-corrected chi connectivity index (χ4v) is 2.97. The maximum atomic E-state index is 13.4. The maximum absolute atomic E-state index is 13.4. The van der Waals surface area contributed by atoms with Crippen LogP contribution in [0, 0.1) is 11.6 Å². The summed E-state index contributed by atoms with van der Waals surface area (Å²) >= 11 is 5.83. The molecular formula is C19H18ClF2N3O2. The predicted octanol–water partition coefficient (Wildman–Crippen LogP) is 3.22. The lowest BCUT2D eigenvalue weighted by Gasteiger charge is -2.18. The molecule has 0 radical (unpaired) electrons. The molecule has 0 atom stereocenters. The van der Waals surface area contributed by atoms with Crippen molar-refractivity contribution in [1.29, 1.82) is 0 Å². The molecule has 5 nitrogen and oxygen atoms in total. The van der Waals surface area contributed by atoms with Crippen LogP contribution in [-0.2, 0) is 11.2 Å². The Hall–Kier alpha value is -2.67. The van der Waals surface area contributed by atoms with Crippen molar-refractivity contribution in [2.75, 3.05) is 31.1 Å². The lowest BCUT2D eigenvalue weighted by atomic mass is 10.1. The summed E-state index contributed by atoms with van der Waals surface area (Å²) in [5, 5.41) is 3.42. The number of nitrogens with zero attached hydrogens (tertiary/aromatic N) is 2. The second-order valence-corrected chi connectivity index (χ2v) is 6.62. The highest BCUT2D eigenvalue weighted by molar-refractivity contribution is 6.30. The van der Waals surface area contributed by atoms with Crippen molar-refractivity contribution in [3.05, 3.63) is 64.7 Å². The highest BCUT2D eigenvalue weighted by Crippen LogP contribution is 2.22. The van der Waals surface area contributed by atoms with E-state index < -0.39 is 17.7 Å². The van der Waals surface area contributed by atoms with Gasteiger partial charge in [-0.05, 0) is 36.2 Å². The normalized spacial score (nSPS) is 14.0. The number of urea groups is 1. The fraction of sp³-hybridized carbons (Fsp3) is 0.263. The Labute approximate surface area is 160 Å². The molecule has 0 aromatic heterocycles. The Morgan fingerprint density at radius 1 is 1.07 bits per heavy atom. The lowest BCUT2D eigenvalue weighted by Crippen LogP contribution is -2.40. The first-order chi connectivity index (χ1) is 12.9. The van der Waals surface area contributed by atoms with Crippen molar-refractivity contribution in [2.24, 2.45) is 0 Å². The van der Waals surface area contributed by atoms with Gasteiger partial charge in [0.25, 0.3) is 0 Å². The van der Waals surface area contributed by atoms with E-state index in [0.29, 0.717) is 31.1 Å². The third kappa shape index (κ3) is 4.74. The fourth-order valence-electron chi connectivity index (χ4n) is 2.85. The van der Waals surface area contributed by atoms with E-state index in [0.717, 1.165) is 17.7 Å². The number of carbonyl (C=O) groups is 2. The number of hydrogen-bond acceptors (Lipinski definition) is 2. The monoisotopic (exact) mass is 393 g/mol. The average molecular weight is 394 g/mol. The molecule has 1 saturated heterocycles. The van der Waals surface area contributed by atoms with Crippen LogP contribution in [0.1, 0.15) is 5.56 Å². The molecule has 2 aromatic carbocycles. The van der Waals surface area contributed by atoms with E-state index in [1.54, 1.807) is 12.1 Å². The van der Waals surface area contributed by atoms with E-state index in [9.17, 15) is 18.4 Å². The second-order valence-electron chi connectivity index (χ2n) is 6.18. The molecule has 1 N–H and O–H groups in total. The Kier molecular flexibility index (Phi) is 5.91. The number of halogens is 3. The van der Waals surface area contributed by atoms with Crippen molar-refractivity contribution in [1.82, 2.24) is 10.2 Å². The molecule has 0 bridgehead atoms. The van der Waals surface area contributed by atoms with Gasteiger partial charge in [-0.15, -0.1) is 0 Å². The van der Waals surface area contributed by atoms with Crippen LogP contribution in [0.15, 0.2) is 42.5 Å². The van der Waals surface area contributed by atoms with E-state index in [1.165, 1.54) is 15.9 Å². The van der Waals surface area contributed by atoms with Gasteiger partial charge in [0.2, 0.25) is 5.91 Å². The zero-order valence-electron chi connectivity index (χ0n) is 14.4. The summed E-state index contributed by atoms with van der Waals surface area (Å²) in [7, 11) is 0. The van der Waals surface area contributed by atoms with Gasteiger partial charge in [-0.25, -0.2) is 13.6 Å². The quantitative estimate of drug-likeness (QED) is 0.819. The molecule has 1 aliphatic rings. The minimum atomic E-state index is -1.02. The third-order valence-corrected chi connectivity index (χ3v) is 4.55. The molecule has 0 unspecified atom stereocenters. The molecule has 27 heavy (non-hydrogen) atoms. The SMILES string of the molecule is O=C(CN1CCN(c2ccc(F)c(F)c2)C1=O)NCCc1ccc(Cl)cc1. The summed E-state index contributed by atoms with van der Waals surface area (Å²) in [5.74, 6) is -2.26. The summed E-state index contributed by atoms with van der Waals surface area (Å²) in [4.78, 5) is 27.2. The molecule has 0 saturated carbocycles. The topological polar surface area (TPSA) is 52.7 Å². The van der Waals surface area contributed by atoms with E-state index in [2.05, 4.69) is 5.32 Å². The number of amides is 3. The van der Waals surface area contributed by atoms with Crippen molar-refractivity contribution in [3.8, 4) is 0 Å². The van der Waals surface area contributed by atoms with Crippen LogP contribution in [0.25, 0.3) is 0 Å². The van der Waals surface area contributed by atoms with Crippen molar-refractivity contribution in [2.45, 2.75) is 6.42 Å². The Morgan fingerprint density at radius 3 is 2.52 bits per heavy atom. The van der Waals surface area contributed by atoms with Gasteiger partial charge in [-0.2, -0.15) is 0 Å². The van der Waals surface area contributed by atoms with Gasteiger partial charge in [0.1, 0.15) is 6.54 Å². The van der Waals surface area contributed by atoms with E-state index in [-0.39, 0.29) is 18.1 Å². The highest BCUT2D eigenvalue weighted by atomic mass is 35.5. The Morgan fingerprint density at radius 2 is 1.81 bits per heavy atom. The Bertz CT molecular complexity index is 845. The zero-order chi connectivity index (χ0) is 19.4. The smallest absolute Gasteiger partial charge is 0.325 e. The number of benzene rings is 2. The summed E-state index contributed by atoms with van der Waals surface area (Å²) < 4.78 is 26.4. The van der Waals surface area contributed by atoms with Crippen LogP contribution in [-0.4, -0.2) is 43.0 Å². The molecule has 142 valence electrons. The number of anilines is 1. The van der Waals surface area contributed by atoms with Gasteiger partial charge in [0.05, 0.1) is 0 Å². The third-order valence-electron chi connectivity index (χ3n) is 4.29. The van der Waals surface area contributed by atoms with Gasteiger partial charge in [0.15, 0.2) is 11.6 Å². The molecular weight excluding hydrogens is 376 g/mol. The number of rotatable bonds is 6. The van der Waals surface area contributed by atoms with E-state index in [1.807, 2.05) is 12.1 Å². The molecule has 3 rings (SSSR count). The van der Waals surface area contributed by atoms with Crippen molar-refractivity contribution in [3.63, 3.8) is 0 Å². The van der Waals surface area contributed by atoms with Gasteiger partial charge >= 0.3 is 6.03 Å². The van der Waals surface area contributed by atoms with E-state index in [4.69, 9.17) is 11.6 Å². The number of carbonyl (C=O) groups excluding carboxylic acids is 2. The molecule has 8 heteroatoms. The van der Waals surface area contributed by atoms with E-state index >= 15 is 0 Å². The second kappa shape index (κ2) is 8.35. The van der Waals surface area contributed by atoms with Crippen LogP contribution in [0.3, 0.4) is 0 Å². The highest BCUT2D eigenvalue weighted by Gasteiger charge is 2.31. The predicted molar refractivity (Wildman–Crippen MR) is 98.8 cm³/mol. The summed E-state index contributed by atoms with van der Waals surface area (Å²) in [6, 6.07) is 10.2. The average Bonchev–Trinajstić information content (AvgIpc) is 3.00. The van der Waals surface area contributed by atoms with Crippen LogP contribution < -0.4 is 10.2 Å². The summed E-state index contributed by atoms with van der Waals surface area (Å²) in [5.41, 5.74) is 1.31. The minimum absolute atomic E-state index is 0.0837. The van der Waals surface area contributed by atoms with Crippen LogP contribution in [0.2, 0.25) is 5.02 Å². The maximum Gasteiger partial charge on any atom is 0.325 e. The standard InChI is InChI=1S/C19H18ClF2N3O2/c20-14-3-1-13(2-4-14)7-8-23-18(26)12-24-9-10-25(19(24)27)15-5-6-16(21)17(22)11-15/h1-6,11H,7-10,12H2,(H,23,26). The zero-order valence-corrected chi connectivity index (χ0v) is 15.2. The molecule has 2 aromatic rings. The first kappa shape index (κ1) is 19.1. The van der Waals surface area contributed by atoms with Gasteiger partial charge in [-0.3, -0.25) is 9.69 Å². The molecule has 1 aliphatic heterocycles. The Balaban J connectivity index is 1.49. The largest absolute Gasteiger partial charge is 0.354 e. The molecule has 1 fully saturated rings.